The molecule has 0 aromatic heterocycles. The molecule has 9 nitrogen and oxygen atoms in total. The van der Waals surface area contributed by atoms with Crippen LogP contribution in [0.5, 0.6) is 5.75 Å². The second-order valence-electron chi connectivity index (χ2n) is 6.74. The SMILES string of the molecule is COc1cccc(NC(=O)COC(=O)[C@@H]2CC(=O)N(NC(=O)c3ccc(Br)cc3)C2)c1. The van der Waals surface area contributed by atoms with E-state index < -0.39 is 36.2 Å². The Morgan fingerprint density at radius 1 is 1.16 bits per heavy atom. The molecule has 0 aliphatic carbocycles. The van der Waals surface area contributed by atoms with Gasteiger partial charge in [0.15, 0.2) is 6.61 Å². The molecule has 2 aromatic rings. The van der Waals surface area contributed by atoms with Crippen molar-refractivity contribution in [2.24, 2.45) is 5.92 Å². The molecule has 0 bridgehead atoms. The van der Waals surface area contributed by atoms with Gasteiger partial charge in [0.2, 0.25) is 5.91 Å². The highest BCUT2D eigenvalue weighted by molar-refractivity contribution is 9.10. The minimum atomic E-state index is -0.776. The molecule has 0 saturated carbocycles. The van der Waals surface area contributed by atoms with Gasteiger partial charge >= 0.3 is 5.97 Å². The molecule has 2 N–H and O–H groups in total. The summed E-state index contributed by atoms with van der Waals surface area (Å²) in [5.41, 5.74) is 3.36. The zero-order valence-electron chi connectivity index (χ0n) is 16.6. The number of hydrazine groups is 1. The molecule has 1 aliphatic rings. The van der Waals surface area contributed by atoms with E-state index >= 15 is 0 Å². The fourth-order valence-electron chi connectivity index (χ4n) is 2.91. The minimum absolute atomic E-state index is 0.0303. The molecule has 1 heterocycles. The highest BCUT2D eigenvalue weighted by atomic mass is 79.9. The summed E-state index contributed by atoms with van der Waals surface area (Å²) in [4.78, 5) is 48.7. The van der Waals surface area contributed by atoms with Gasteiger partial charge in [0.25, 0.3) is 11.8 Å². The molecule has 0 unspecified atom stereocenters. The third-order valence-corrected chi connectivity index (χ3v) is 5.03. The van der Waals surface area contributed by atoms with Crippen molar-refractivity contribution in [1.82, 2.24) is 10.4 Å². The van der Waals surface area contributed by atoms with Crippen LogP contribution in [-0.2, 0) is 19.1 Å². The van der Waals surface area contributed by atoms with Crippen LogP contribution in [-0.4, -0.2) is 49.0 Å². The number of carbonyl (C=O) groups excluding carboxylic acids is 4. The Morgan fingerprint density at radius 2 is 1.90 bits per heavy atom. The first-order valence-corrected chi connectivity index (χ1v) is 10.1. The molecule has 1 aliphatic heterocycles. The van der Waals surface area contributed by atoms with Crippen LogP contribution in [0.2, 0.25) is 0 Å². The zero-order chi connectivity index (χ0) is 22.4. The van der Waals surface area contributed by atoms with Gasteiger partial charge in [-0.3, -0.25) is 29.6 Å². The lowest BCUT2D eigenvalue weighted by Crippen LogP contribution is -2.43. The van der Waals surface area contributed by atoms with Crippen LogP contribution >= 0.6 is 15.9 Å². The summed E-state index contributed by atoms with van der Waals surface area (Å²) in [5.74, 6) is -2.28. The number of rotatable bonds is 7. The maximum Gasteiger partial charge on any atom is 0.311 e. The Balaban J connectivity index is 1.47. The van der Waals surface area contributed by atoms with E-state index in [1.165, 1.54) is 7.11 Å². The van der Waals surface area contributed by atoms with Crippen LogP contribution in [0.4, 0.5) is 5.69 Å². The zero-order valence-corrected chi connectivity index (χ0v) is 18.2. The standard InChI is InChI=1S/C21H20BrN3O6/c1-30-17-4-2-3-16(10-17)23-18(26)12-31-21(29)14-9-19(27)25(11-14)24-20(28)13-5-7-15(22)8-6-13/h2-8,10,14H,9,11-12H2,1H3,(H,23,26)(H,24,28)/t14-/m1/s1. The van der Waals surface area contributed by atoms with Gasteiger partial charge in [-0.1, -0.05) is 22.0 Å². The molecule has 1 atom stereocenters. The average molecular weight is 490 g/mol. The number of halogens is 1. The van der Waals surface area contributed by atoms with E-state index in [-0.39, 0.29) is 13.0 Å². The number of carbonyl (C=O) groups is 4. The van der Waals surface area contributed by atoms with Crippen molar-refractivity contribution in [3.63, 3.8) is 0 Å². The Morgan fingerprint density at radius 3 is 2.61 bits per heavy atom. The highest BCUT2D eigenvalue weighted by Crippen LogP contribution is 2.19. The summed E-state index contributed by atoms with van der Waals surface area (Å²) in [7, 11) is 1.51. The summed E-state index contributed by atoms with van der Waals surface area (Å²) in [6.07, 6.45) is -0.114. The number of nitrogens with one attached hydrogen (secondary N) is 2. The summed E-state index contributed by atoms with van der Waals surface area (Å²) in [5, 5.41) is 3.68. The van der Waals surface area contributed by atoms with Gasteiger partial charge in [-0.15, -0.1) is 0 Å². The Hall–Kier alpha value is -3.40. The molecular formula is C21H20BrN3O6. The Labute approximate surface area is 186 Å². The van der Waals surface area contributed by atoms with E-state index in [9.17, 15) is 19.2 Å². The molecule has 3 rings (SSSR count). The molecule has 1 fully saturated rings. The molecule has 1 saturated heterocycles. The first kappa shape index (κ1) is 22.3. The molecule has 162 valence electrons. The van der Waals surface area contributed by atoms with Crippen molar-refractivity contribution in [2.75, 3.05) is 25.6 Å². The van der Waals surface area contributed by atoms with Crippen LogP contribution in [0.15, 0.2) is 53.0 Å². The molecule has 2 aromatic carbocycles. The van der Waals surface area contributed by atoms with Crippen molar-refractivity contribution < 1.29 is 28.7 Å². The van der Waals surface area contributed by atoms with Crippen LogP contribution in [0.1, 0.15) is 16.8 Å². The van der Waals surface area contributed by atoms with Crippen molar-refractivity contribution >= 4 is 45.3 Å². The van der Waals surface area contributed by atoms with E-state index in [4.69, 9.17) is 9.47 Å². The van der Waals surface area contributed by atoms with Gasteiger partial charge in [-0.05, 0) is 36.4 Å². The van der Waals surface area contributed by atoms with Crippen LogP contribution in [0, 0.1) is 5.92 Å². The second-order valence-corrected chi connectivity index (χ2v) is 7.66. The lowest BCUT2D eigenvalue weighted by Gasteiger charge is -2.17. The third-order valence-electron chi connectivity index (χ3n) is 4.50. The smallest absolute Gasteiger partial charge is 0.311 e. The van der Waals surface area contributed by atoms with Crippen LogP contribution in [0.25, 0.3) is 0 Å². The monoisotopic (exact) mass is 489 g/mol. The van der Waals surface area contributed by atoms with Gasteiger partial charge in [0.1, 0.15) is 5.75 Å². The number of hydrogen-bond acceptors (Lipinski definition) is 6. The lowest BCUT2D eigenvalue weighted by molar-refractivity contribution is -0.151. The van der Waals surface area contributed by atoms with Crippen molar-refractivity contribution in [3.8, 4) is 5.75 Å². The molecule has 10 heteroatoms. The normalized spacial score (nSPS) is 15.4. The van der Waals surface area contributed by atoms with Crippen LogP contribution in [0.3, 0.4) is 0 Å². The third kappa shape index (κ3) is 6.05. The maximum absolute atomic E-state index is 12.3. The number of nitrogens with zero attached hydrogens (tertiary/aromatic N) is 1. The molecular weight excluding hydrogens is 470 g/mol. The molecule has 31 heavy (non-hydrogen) atoms. The number of methoxy groups -OCH3 is 1. The molecule has 0 spiro atoms. The Kier molecular flexibility index (Phi) is 7.24. The number of amides is 3. The van der Waals surface area contributed by atoms with Gasteiger partial charge in [-0.25, -0.2) is 0 Å². The molecule has 3 amide bonds. The number of hydrogen-bond donors (Lipinski definition) is 2. The van der Waals surface area contributed by atoms with Crippen molar-refractivity contribution in [3.05, 3.63) is 58.6 Å². The Bertz CT molecular complexity index is 995. The van der Waals surface area contributed by atoms with Crippen molar-refractivity contribution in [2.45, 2.75) is 6.42 Å². The second kappa shape index (κ2) is 10.1. The van der Waals surface area contributed by atoms with Crippen molar-refractivity contribution in [1.29, 1.82) is 0 Å². The maximum atomic E-state index is 12.3. The predicted molar refractivity (Wildman–Crippen MR) is 114 cm³/mol. The van der Waals surface area contributed by atoms with E-state index in [1.807, 2.05) is 0 Å². The first-order chi connectivity index (χ1) is 14.9. The van der Waals surface area contributed by atoms with E-state index in [0.29, 0.717) is 17.0 Å². The van der Waals surface area contributed by atoms with E-state index in [0.717, 1.165) is 9.48 Å². The summed E-state index contributed by atoms with van der Waals surface area (Å²) in [6, 6.07) is 13.4. The fraction of sp³-hybridized carbons (Fsp3) is 0.238. The summed E-state index contributed by atoms with van der Waals surface area (Å²) < 4.78 is 10.9. The van der Waals surface area contributed by atoms with Crippen LogP contribution < -0.4 is 15.5 Å². The minimum Gasteiger partial charge on any atom is -0.497 e. The topological polar surface area (TPSA) is 114 Å². The molecule has 0 radical (unpaired) electrons. The number of ether oxygens (including phenoxy) is 2. The fourth-order valence-corrected chi connectivity index (χ4v) is 3.18. The number of benzene rings is 2. The van der Waals surface area contributed by atoms with Gasteiger partial charge in [0, 0.05) is 28.2 Å². The first-order valence-electron chi connectivity index (χ1n) is 9.33. The number of anilines is 1. The number of esters is 1. The quantitative estimate of drug-likeness (QED) is 0.575. The summed E-state index contributed by atoms with van der Waals surface area (Å²) in [6.45, 7) is -0.524. The average Bonchev–Trinajstić information content (AvgIpc) is 3.12. The van der Waals surface area contributed by atoms with Gasteiger partial charge in [0.05, 0.1) is 19.6 Å². The van der Waals surface area contributed by atoms with Gasteiger partial charge < -0.3 is 14.8 Å². The predicted octanol–water partition coefficient (Wildman–Crippen LogP) is 2.13. The lowest BCUT2D eigenvalue weighted by atomic mass is 10.1. The van der Waals surface area contributed by atoms with E-state index in [2.05, 4.69) is 26.7 Å². The van der Waals surface area contributed by atoms with E-state index in [1.54, 1.807) is 48.5 Å². The van der Waals surface area contributed by atoms with Gasteiger partial charge in [-0.2, -0.15) is 0 Å². The summed E-state index contributed by atoms with van der Waals surface area (Å²) >= 11 is 3.28. The highest BCUT2D eigenvalue weighted by Gasteiger charge is 2.36. The largest absolute Gasteiger partial charge is 0.497 e.